The Balaban J connectivity index is 1.62. The van der Waals surface area contributed by atoms with E-state index >= 15 is 0 Å². The van der Waals surface area contributed by atoms with Crippen LogP contribution in [0.4, 0.5) is 5.69 Å². The van der Waals surface area contributed by atoms with Crippen molar-refractivity contribution in [2.45, 2.75) is 26.2 Å². The van der Waals surface area contributed by atoms with Crippen LogP contribution < -0.4 is 10.2 Å². The van der Waals surface area contributed by atoms with Gasteiger partial charge in [0, 0.05) is 18.8 Å². The second kappa shape index (κ2) is 7.51. The average Bonchev–Trinajstić information content (AvgIpc) is 3.46. The predicted octanol–water partition coefficient (Wildman–Crippen LogP) is 3.18. The second-order valence-corrected chi connectivity index (χ2v) is 6.46. The van der Waals surface area contributed by atoms with E-state index in [-0.39, 0.29) is 11.8 Å². The van der Waals surface area contributed by atoms with E-state index in [9.17, 15) is 9.59 Å². The molecule has 0 aromatic heterocycles. The lowest BCUT2D eigenvalue weighted by Crippen LogP contribution is -2.45. The summed E-state index contributed by atoms with van der Waals surface area (Å²) < 4.78 is 0. The zero-order valence-corrected chi connectivity index (χ0v) is 14.6. The van der Waals surface area contributed by atoms with Gasteiger partial charge >= 0.3 is 0 Å². The highest BCUT2D eigenvalue weighted by molar-refractivity contribution is 6.14. The molecule has 0 saturated heterocycles. The predicted molar refractivity (Wildman–Crippen MR) is 99.3 cm³/mol. The quantitative estimate of drug-likeness (QED) is 0.790. The zero-order valence-electron chi connectivity index (χ0n) is 14.6. The molecule has 1 N–H and O–H groups in total. The third-order valence-electron chi connectivity index (χ3n) is 4.77. The van der Waals surface area contributed by atoms with Crippen LogP contribution in [0.15, 0.2) is 60.7 Å². The summed E-state index contributed by atoms with van der Waals surface area (Å²) in [5.74, 6) is -0.221. The van der Waals surface area contributed by atoms with E-state index in [1.54, 1.807) is 4.90 Å². The number of carbonyl (C=O) groups excluding carboxylic acids is 2. The van der Waals surface area contributed by atoms with Crippen molar-refractivity contribution in [1.82, 2.24) is 5.32 Å². The normalized spacial score (nSPS) is 14.6. The largest absolute Gasteiger partial charge is 0.355 e. The molecule has 2 aromatic rings. The molecule has 0 heterocycles. The smallest absolute Gasteiger partial charge is 0.242 e. The van der Waals surface area contributed by atoms with Crippen molar-refractivity contribution < 1.29 is 9.59 Å². The molecule has 2 amide bonds. The van der Waals surface area contributed by atoms with Crippen molar-refractivity contribution in [2.75, 3.05) is 18.0 Å². The van der Waals surface area contributed by atoms with Gasteiger partial charge in [0.25, 0.3) is 0 Å². The van der Waals surface area contributed by atoms with Crippen molar-refractivity contribution in [3.05, 3.63) is 66.2 Å². The Labute approximate surface area is 148 Å². The molecule has 130 valence electrons. The van der Waals surface area contributed by atoms with Crippen LogP contribution in [0.1, 0.15) is 25.3 Å². The second-order valence-electron chi connectivity index (χ2n) is 6.46. The third-order valence-corrected chi connectivity index (χ3v) is 4.77. The first-order chi connectivity index (χ1) is 12.2. The van der Waals surface area contributed by atoms with Crippen LogP contribution in [0.5, 0.6) is 0 Å². The molecule has 0 radical (unpaired) electrons. The summed E-state index contributed by atoms with van der Waals surface area (Å²) in [5.41, 5.74) is 1.15. The van der Waals surface area contributed by atoms with Gasteiger partial charge in [-0.25, -0.2) is 0 Å². The molecule has 4 heteroatoms. The van der Waals surface area contributed by atoms with Gasteiger partial charge < -0.3 is 10.2 Å². The lowest BCUT2D eigenvalue weighted by molar-refractivity contribution is -0.135. The van der Waals surface area contributed by atoms with Gasteiger partial charge in [-0.05, 0) is 43.9 Å². The van der Waals surface area contributed by atoms with E-state index in [4.69, 9.17) is 0 Å². The summed E-state index contributed by atoms with van der Waals surface area (Å²) in [6, 6.07) is 19.6. The van der Waals surface area contributed by atoms with Gasteiger partial charge in [0.05, 0.1) is 0 Å². The molecule has 3 rings (SSSR count). The number of nitrogens with zero attached hydrogens (tertiary/aromatic N) is 1. The molecule has 0 aliphatic heterocycles. The summed E-state index contributed by atoms with van der Waals surface area (Å²) in [7, 11) is 0. The SMILES string of the molecule is CCN(C(=O)C1(C(=O)NCCc2ccccc2)CC1)c1ccccc1. The van der Waals surface area contributed by atoms with Crippen molar-refractivity contribution in [1.29, 1.82) is 0 Å². The Morgan fingerprint density at radius 1 is 1.00 bits per heavy atom. The summed E-state index contributed by atoms with van der Waals surface area (Å²) in [5, 5.41) is 2.96. The number of benzene rings is 2. The van der Waals surface area contributed by atoms with E-state index in [2.05, 4.69) is 5.32 Å². The lowest BCUT2D eigenvalue weighted by Gasteiger charge is -2.26. The number of anilines is 1. The Morgan fingerprint density at radius 3 is 2.16 bits per heavy atom. The van der Waals surface area contributed by atoms with Gasteiger partial charge in [0.15, 0.2) is 0 Å². The zero-order chi connectivity index (χ0) is 17.7. The first-order valence-electron chi connectivity index (χ1n) is 8.86. The molecule has 25 heavy (non-hydrogen) atoms. The lowest BCUT2D eigenvalue weighted by atomic mass is 10.0. The summed E-state index contributed by atoms with van der Waals surface area (Å²) >= 11 is 0. The maximum Gasteiger partial charge on any atom is 0.242 e. The molecule has 0 bridgehead atoms. The topological polar surface area (TPSA) is 49.4 Å². The molecule has 0 atom stereocenters. The molecule has 1 aliphatic carbocycles. The number of amides is 2. The van der Waals surface area contributed by atoms with Crippen LogP contribution >= 0.6 is 0 Å². The summed E-state index contributed by atoms with van der Waals surface area (Å²) in [4.78, 5) is 27.4. The van der Waals surface area contributed by atoms with Crippen molar-refractivity contribution in [3.8, 4) is 0 Å². The van der Waals surface area contributed by atoms with Gasteiger partial charge in [-0.15, -0.1) is 0 Å². The number of para-hydroxylation sites is 1. The molecule has 4 nitrogen and oxygen atoms in total. The average molecular weight is 336 g/mol. The first kappa shape index (κ1) is 17.2. The Bertz CT molecular complexity index is 724. The highest BCUT2D eigenvalue weighted by Gasteiger charge is 2.57. The van der Waals surface area contributed by atoms with E-state index in [1.165, 1.54) is 5.56 Å². The number of rotatable bonds is 7. The highest BCUT2D eigenvalue weighted by Crippen LogP contribution is 2.48. The summed E-state index contributed by atoms with van der Waals surface area (Å²) in [6.45, 7) is 3.05. The van der Waals surface area contributed by atoms with Crippen LogP contribution in [0, 0.1) is 5.41 Å². The fourth-order valence-electron chi connectivity index (χ4n) is 3.11. The van der Waals surface area contributed by atoms with Gasteiger partial charge in [0.1, 0.15) is 5.41 Å². The van der Waals surface area contributed by atoms with Crippen LogP contribution in [0.3, 0.4) is 0 Å². The van der Waals surface area contributed by atoms with E-state index in [0.717, 1.165) is 12.1 Å². The number of hydrogen-bond acceptors (Lipinski definition) is 2. The Morgan fingerprint density at radius 2 is 1.60 bits per heavy atom. The highest BCUT2D eigenvalue weighted by atomic mass is 16.2. The van der Waals surface area contributed by atoms with Crippen LogP contribution in [0.2, 0.25) is 0 Å². The molecular formula is C21H24N2O2. The fraction of sp³-hybridized carbons (Fsp3) is 0.333. The van der Waals surface area contributed by atoms with Gasteiger partial charge in [-0.1, -0.05) is 48.5 Å². The van der Waals surface area contributed by atoms with Crippen LogP contribution in [0.25, 0.3) is 0 Å². The minimum Gasteiger partial charge on any atom is -0.355 e. The Kier molecular flexibility index (Phi) is 5.17. The monoisotopic (exact) mass is 336 g/mol. The maximum absolute atomic E-state index is 13.0. The van der Waals surface area contributed by atoms with Crippen molar-refractivity contribution in [3.63, 3.8) is 0 Å². The molecule has 1 aliphatic rings. The van der Waals surface area contributed by atoms with Crippen molar-refractivity contribution >= 4 is 17.5 Å². The molecule has 0 unspecified atom stereocenters. The molecule has 0 spiro atoms. The minimum atomic E-state index is -0.872. The van der Waals surface area contributed by atoms with E-state index in [1.807, 2.05) is 67.6 Å². The summed E-state index contributed by atoms with van der Waals surface area (Å²) in [6.07, 6.45) is 2.03. The fourth-order valence-corrected chi connectivity index (χ4v) is 3.11. The van der Waals surface area contributed by atoms with Gasteiger partial charge in [-0.3, -0.25) is 9.59 Å². The third kappa shape index (κ3) is 3.73. The Hall–Kier alpha value is -2.62. The van der Waals surface area contributed by atoms with Crippen LogP contribution in [-0.2, 0) is 16.0 Å². The van der Waals surface area contributed by atoms with Crippen LogP contribution in [-0.4, -0.2) is 24.9 Å². The minimum absolute atomic E-state index is 0.0848. The van der Waals surface area contributed by atoms with Crippen molar-refractivity contribution in [2.24, 2.45) is 5.41 Å². The van der Waals surface area contributed by atoms with Gasteiger partial charge in [0.2, 0.25) is 11.8 Å². The number of hydrogen-bond donors (Lipinski definition) is 1. The molecular weight excluding hydrogens is 312 g/mol. The van der Waals surface area contributed by atoms with E-state index in [0.29, 0.717) is 25.9 Å². The standard InChI is InChI=1S/C21H24N2O2/c1-2-23(18-11-7-4-8-12-18)20(25)21(14-15-21)19(24)22-16-13-17-9-5-3-6-10-17/h3-12H,2,13-16H2,1H3,(H,22,24). The molecule has 1 saturated carbocycles. The number of nitrogens with one attached hydrogen (secondary N) is 1. The molecule has 1 fully saturated rings. The first-order valence-corrected chi connectivity index (χ1v) is 8.86. The number of carbonyl (C=O) groups is 2. The molecule has 2 aromatic carbocycles. The van der Waals surface area contributed by atoms with Gasteiger partial charge in [-0.2, -0.15) is 0 Å². The van der Waals surface area contributed by atoms with E-state index < -0.39 is 5.41 Å². The maximum atomic E-state index is 13.0.